The second kappa shape index (κ2) is 8.29. The van der Waals surface area contributed by atoms with Crippen LogP contribution in [0.2, 0.25) is 0 Å². The van der Waals surface area contributed by atoms with Gasteiger partial charge in [0.2, 0.25) is 0 Å². The Bertz CT molecular complexity index is 511. The van der Waals surface area contributed by atoms with Crippen molar-refractivity contribution in [3.63, 3.8) is 0 Å². The van der Waals surface area contributed by atoms with Gasteiger partial charge in [0.05, 0.1) is 0 Å². The Hall–Kier alpha value is -0.870. The van der Waals surface area contributed by atoms with E-state index in [4.69, 9.17) is 0 Å². The van der Waals surface area contributed by atoms with E-state index in [1.54, 1.807) is 0 Å². The second-order valence-electron chi connectivity index (χ2n) is 6.99. The molecule has 1 amide bonds. The zero-order chi connectivity index (χ0) is 16.1. The van der Waals surface area contributed by atoms with Crippen molar-refractivity contribution in [2.45, 2.75) is 51.0 Å². The molecule has 23 heavy (non-hydrogen) atoms. The quantitative estimate of drug-likeness (QED) is 0.850. The Morgan fingerprint density at radius 3 is 2.48 bits per heavy atom. The van der Waals surface area contributed by atoms with Gasteiger partial charge in [-0.05, 0) is 69.0 Å². The van der Waals surface area contributed by atoms with Gasteiger partial charge in [-0.15, -0.1) is 0 Å². The molecular weight excluding hydrogens is 352 g/mol. The van der Waals surface area contributed by atoms with Crippen LogP contribution >= 0.6 is 15.9 Å². The van der Waals surface area contributed by atoms with Gasteiger partial charge in [0.25, 0.3) is 5.91 Å². The van der Waals surface area contributed by atoms with Crippen LogP contribution in [0.5, 0.6) is 0 Å². The van der Waals surface area contributed by atoms with Crippen LogP contribution < -0.4 is 5.32 Å². The third-order valence-corrected chi connectivity index (χ3v) is 5.80. The number of nitrogens with zero attached hydrogens (tertiary/aromatic N) is 1. The minimum absolute atomic E-state index is 0.0769. The molecule has 2 fully saturated rings. The molecule has 0 aromatic heterocycles. The van der Waals surface area contributed by atoms with E-state index in [-0.39, 0.29) is 5.91 Å². The van der Waals surface area contributed by atoms with Crippen molar-refractivity contribution in [1.29, 1.82) is 0 Å². The molecule has 0 radical (unpaired) electrons. The first-order valence-electron chi connectivity index (χ1n) is 9.01. The maximum Gasteiger partial charge on any atom is 0.251 e. The molecule has 1 saturated carbocycles. The van der Waals surface area contributed by atoms with Gasteiger partial charge in [-0.2, -0.15) is 0 Å². The van der Waals surface area contributed by atoms with E-state index in [2.05, 4.69) is 26.1 Å². The predicted molar refractivity (Wildman–Crippen MR) is 97.6 cm³/mol. The predicted octanol–water partition coefficient (Wildman–Crippen LogP) is 4.22. The van der Waals surface area contributed by atoms with Crippen molar-refractivity contribution in [2.75, 3.05) is 19.6 Å². The highest BCUT2D eigenvalue weighted by molar-refractivity contribution is 9.10. The summed E-state index contributed by atoms with van der Waals surface area (Å²) in [5.41, 5.74) is 0.760. The van der Waals surface area contributed by atoms with Crippen LogP contribution in [-0.2, 0) is 0 Å². The third kappa shape index (κ3) is 4.80. The smallest absolute Gasteiger partial charge is 0.251 e. The van der Waals surface area contributed by atoms with Crippen LogP contribution in [0.4, 0.5) is 0 Å². The SMILES string of the molecule is O=C(NC1CCCCC1CN1CCCCC1)c1ccc(Br)cc1. The Balaban J connectivity index is 1.59. The Labute approximate surface area is 148 Å². The lowest BCUT2D eigenvalue weighted by molar-refractivity contribution is 0.0877. The summed E-state index contributed by atoms with van der Waals surface area (Å²) in [6.45, 7) is 3.64. The number of piperidine rings is 1. The van der Waals surface area contributed by atoms with E-state index < -0.39 is 0 Å². The average Bonchev–Trinajstić information content (AvgIpc) is 2.58. The van der Waals surface area contributed by atoms with E-state index in [0.717, 1.165) is 23.0 Å². The first-order valence-corrected chi connectivity index (χ1v) is 9.80. The van der Waals surface area contributed by atoms with Gasteiger partial charge in [0, 0.05) is 22.6 Å². The molecule has 1 N–H and O–H groups in total. The van der Waals surface area contributed by atoms with Crippen LogP contribution in [-0.4, -0.2) is 36.5 Å². The minimum Gasteiger partial charge on any atom is -0.349 e. The molecule has 2 aliphatic rings. The van der Waals surface area contributed by atoms with E-state index in [1.165, 1.54) is 51.6 Å². The van der Waals surface area contributed by atoms with Gasteiger partial charge in [0.1, 0.15) is 0 Å². The summed E-state index contributed by atoms with van der Waals surface area (Å²) in [5, 5.41) is 3.31. The third-order valence-electron chi connectivity index (χ3n) is 5.27. The van der Waals surface area contributed by atoms with Gasteiger partial charge in [-0.1, -0.05) is 35.2 Å². The lowest BCUT2D eigenvalue weighted by atomic mass is 9.83. The van der Waals surface area contributed by atoms with Crippen molar-refractivity contribution < 1.29 is 4.79 Å². The van der Waals surface area contributed by atoms with E-state index in [0.29, 0.717) is 12.0 Å². The van der Waals surface area contributed by atoms with Crippen molar-refractivity contribution in [2.24, 2.45) is 5.92 Å². The van der Waals surface area contributed by atoms with E-state index in [9.17, 15) is 4.79 Å². The maximum absolute atomic E-state index is 12.5. The highest BCUT2D eigenvalue weighted by Gasteiger charge is 2.28. The molecule has 3 rings (SSSR count). The van der Waals surface area contributed by atoms with Crippen molar-refractivity contribution >= 4 is 21.8 Å². The fourth-order valence-corrected chi connectivity index (χ4v) is 4.21. The first-order chi connectivity index (χ1) is 11.2. The number of carbonyl (C=O) groups is 1. The summed E-state index contributed by atoms with van der Waals surface area (Å²) in [6, 6.07) is 7.98. The highest BCUT2D eigenvalue weighted by atomic mass is 79.9. The second-order valence-corrected chi connectivity index (χ2v) is 7.91. The molecule has 1 aliphatic heterocycles. The number of halogens is 1. The first kappa shape index (κ1) is 17.0. The van der Waals surface area contributed by atoms with Crippen LogP contribution in [0.25, 0.3) is 0 Å². The number of hydrogen-bond acceptors (Lipinski definition) is 2. The Morgan fingerprint density at radius 2 is 1.74 bits per heavy atom. The van der Waals surface area contributed by atoms with Gasteiger partial charge in [0.15, 0.2) is 0 Å². The molecule has 1 aliphatic carbocycles. The molecule has 0 bridgehead atoms. The van der Waals surface area contributed by atoms with Crippen molar-refractivity contribution in [3.8, 4) is 0 Å². The Morgan fingerprint density at radius 1 is 1.04 bits per heavy atom. The van der Waals surface area contributed by atoms with Crippen LogP contribution in [0.3, 0.4) is 0 Å². The molecule has 3 nitrogen and oxygen atoms in total. The lowest BCUT2D eigenvalue weighted by Gasteiger charge is -2.37. The largest absolute Gasteiger partial charge is 0.349 e. The monoisotopic (exact) mass is 378 g/mol. The topological polar surface area (TPSA) is 32.3 Å². The van der Waals surface area contributed by atoms with Crippen LogP contribution in [0, 0.1) is 5.92 Å². The fourth-order valence-electron chi connectivity index (χ4n) is 3.94. The minimum atomic E-state index is 0.0769. The molecule has 4 heteroatoms. The van der Waals surface area contributed by atoms with Gasteiger partial charge in [-0.25, -0.2) is 0 Å². The molecule has 2 atom stereocenters. The normalized spacial score (nSPS) is 26.0. The van der Waals surface area contributed by atoms with Crippen molar-refractivity contribution in [1.82, 2.24) is 10.2 Å². The van der Waals surface area contributed by atoms with Gasteiger partial charge in [-0.3, -0.25) is 4.79 Å². The molecule has 0 spiro atoms. The number of rotatable bonds is 4. The van der Waals surface area contributed by atoms with Crippen molar-refractivity contribution in [3.05, 3.63) is 34.3 Å². The van der Waals surface area contributed by atoms with E-state index in [1.807, 2.05) is 24.3 Å². The number of hydrogen-bond donors (Lipinski definition) is 1. The molecule has 2 unspecified atom stereocenters. The summed E-state index contributed by atoms with van der Waals surface area (Å²) in [4.78, 5) is 15.1. The standard InChI is InChI=1S/C19H27BrN2O/c20-17-10-8-15(9-11-17)19(23)21-18-7-3-2-6-16(18)14-22-12-4-1-5-13-22/h8-11,16,18H,1-7,12-14H2,(H,21,23). The van der Waals surface area contributed by atoms with E-state index >= 15 is 0 Å². The summed E-state index contributed by atoms with van der Waals surface area (Å²) in [6.07, 6.45) is 8.98. The number of nitrogens with one attached hydrogen (secondary N) is 1. The number of carbonyl (C=O) groups excluding carboxylic acids is 1. The summed E-state index contributed by atoms with van der Waals surface area (Å²) in [5.74, 6) is 0.689. The summed E-state index contributed by atoms with van der Waals surface area (Å²) < 4.78 is 1.01. The van der Waals surface area contributed by atoms with Gasteiger partial charge >= 0.3 is 0 Å². The van der Waals surface area contributed by atoms with Gasteiger partial charge < -0.3 is 10.2 Å². The molecule has 1 heterocycles. The van der Waals surface area contributed by atoms with Crippen LogP contribution in [0.1, 0.15) is 55.3 Å². The fraction of sp³-hybridized carbons (Fsp3) is 0.632. The molecular formula is C19H27BrN2O. The lowest BCUT2D eigenvalue weighted by Crippen LogP contribution is -2.47. The maximum atomic E-state index is 12.5. The summed E-state index contributed by atoms with van der Waals surface area (Å²) in [7, 11) is 0. The Kier molecular flexibility index (Phi) is 6.12. The zero-order valence-electron chi connectivity index (χ0n) is 13.8. The zero-order valence-corrected chi connectivity index (χ0v) is 15.4. The average molecular weight is 379 g/mol. The molecule has 1 aromatic rings. The molecule has 1 aromatic carbocycles. The summed E-state index contributed by atoms with van der Waals surface area (Å²) >= 11 is 3.42. The molecule has 1 saturated heterocycles. The number of likely N-dealkylation sites (tertiary alicyclic amines) is 1. The number of benzene rings is 1. The van der Waals surface area contributed by atoms with Crippen LogP contribution in [0.15, 0.2) is 28.7 Å². The number of amides is 1. The highest BCUT2D eigenvalue weighted by Crippen LogP contribution is 2.26. The molecule has 126 valence electrons.